The lowest BCUT2D eigenvalue weighted by Gasteiger charge is -2.17. The normalized spacial score (nSPS) is 14.0. The predicted octanol–water partition coefficient (Wildman–Crippen LogP) is 4.41. The summed E-state index contributed by atoms with van der Waals surface area (Å²) < 4.78 is 5.83. The molecule has 144 valence electrons. The highest BCUT2D eigenvalue weighted by Gasteiger charge is 2.11. The summed E-state index contributed by atoms with van der Waals surface area (Å²) in [5.74, 6) is 0.851. The second kappa shape index (κ2) is 11.8. The Kier molecular flexibility index (Phi) is 9.35. The van der Waals surface area contributed by atoms with Crippen molar-refractivity contribution in [2.45, 2.75) is 38.6 Å². The molecule has 0 atom stereocenters. The molecule has 5 heteroatoms. The summed E-state index contributed by atoms with van der Waals surface area (Å²) in [6.45, 7) is 1.99. The van der Waals surface area contributed by atoms with E-state index < -0.39 is 0 Å². The second-order valence-electron chi connectivity index (χ2n) is 6.51. The van der Waals surface area contributed by atoms with E-state index in [0.717, 1.165) is 25.3 Å². The van der Waals surface area contributed by atoms with Crippen LogP contribution in [0.25, 0.3) is 0 Å². The third-order valence-electron chi connectivity index (χ3n) is 4.40. The van der Waals surface area contributed by atoms with Crippen molar-refractivity contribution >= 4 is 29.9 Å². The first-order valence-corrected chi connectivity index (χ1v) is 9.15. The van der Waals surface area contributed by atoms with Crippen LogP contribution in [0.4, 0.5) is 0 Å². The maximum Gasteiger partial charge on any atom is 0.191 e. The molecular formula is C22H28IN3O. The van der Waals surface area contributed by atoms with Crippen molar-refractivity contribution in [2.75, 3.05) is 7.05 Å². The zero-order valence-corrected chi connectivity index (χ0v) is 18.1. The van der Waals surface area contributed by atoms with Crippen LogP contribution in [0.2, 0.25) is 0 Å². The molecule has 0 spiro atoms. The summed E-state index contributed by atoms with van der Waals surface area (Å²) in [6.07, 6.45) is 6.55. The average molecular weight is 477 g/mol. The van der Waals surface area contributed by atoms with Gasteiger partial charge in [0, 0.05) is 19.6 Å². The van der Waals surface area contributed by atoms with Gasteiger partial charge in [-0.2, -0.15) is 0 Å². The number of aliphatic imine (C=N–C) groups is 1. The molecule has 0 aromatic heterocycles. The third-order valence-corrected chi connectivity index (χ3v) is 4.40. The van der Waals surface area contributed by atoms with Crippen molar-refractivity contribution in [3.8, 4) is 0 Å². The monoisotopic (exact) mass is 477 g/mol. The fourth-order valence-electron chi connectivity index (χ4n) is 3.00. The highest BCUT2D eigenvalue weighted by atomic mass is 127. The quantitative estimate of drug-likeness (QED) is 0.269. The number of hydrogen-bond acceptors (Lipinski definition) is 2. The molecule has 0 radical (unpaired) electrons. The molecule has 3 rings (SSSR count). The number of halogens is 1. The van der Waals surface area contributed by atoms with Crippen LogP contribution in [0.1, 0.15) is 29.5 Å². The standard InChI is InChI=1S/C22H27N3O.HI/c1-23-22(25-21-12-5-6-13-21)24-15-19-10-7-11-20(14-19)17-26-16-18-8-3-2-4-9-18;/h2-11,14,21H,12-13,15-17H2,1H3,(H2,23,24,25);1H. The van der Waals surface area contributed by atoms with Crippen LogP contribution in [-0.2, 0) is 24.5 Å². The summed E-state index contributed by atoms with van der Waals surface area (Å²) in [5.41, 5.74) is 3.60. The first-order valence-electron chi connectivity index (χ1n) is 9.15. The number of rotatable bonds is 7. The van der Waals surface area contributed by atoms with Crippen LogP contribution in [-0.4, -0.2) is 19.0 Å². The van der Waals surface area contributed by atoms with Crippen LogP contribution < -0.4 is 10.6 Å². The van der Waals surface area contributed by atoms with Gasteiger partial charge in [-0.15, -0.1) is 24.0 Å². The Morgan fingerprint density at radius 1 is 0.963 bits per heavy atom. The van der Waals surface area contributed by atoms with Crippen LogP contribution in [0.15, 0.2) is 71.7 Å². The number of guanidine groups is 1. The molecule has 0 aliphatic heterocycles. The molecule has 4 nitrogen and oxygen atoms in total. The second-order valence-corrected chi connectivity index (χ2v) is 6.51. The van der Waals surface area contributed by atoms with Gasteiger partial charge in [-0.1, -0.05) is 66.7 Å². The van der Waals surface area contributed by atoms with Gasteiger partial charge in [0.1, 0.15) is 0 Å². The fourth-order valence-corrected chi connectivity index (χ4v) is 3.00. The molecule has 2 N–H and O–H groups in total. The Bertz CT molecular complexity index is 738. The van der Waals surface area contributed by atoms with Gasteiger partial charge in [-0.05, 0) is 29.5 Å². The molecule has 0 saturated carbocycles. The zero-order valence-electron chi connectivity index (χ0n) is 15.7. The molecule has 2 aromatic carbocycles. The van der Waals surface area contributed by atoms with Gasteiger partial charge < -0.3 is 15.4 Å². The van der Waals surface area contributed by atoms with E-state index in [4.69, 9.17) is 4.74 Å². The number of nitrogens with zero attached hydrogens (tertiary/aromatic N) is 1. The minimum Gasteiger partial charge on any atom is -0.372 e. The summed E-state index contributed by atoms with van der Waals surface area (Å²) in [6, 6.07) is 19.2. The molecule has 0 heterocycles. The van der Waals surface area contributed by atoms with Crippen LogP contribution in [0, 0.1) is 0 Å². The van der Waals surface area contributed by atoms with Crippen molar-refractivity contribution < 1.29 is 4.74 Å². The van der Waals surface area contributed by atoms with Gasteiger partial charge in [-0.25, -0.2) is 0 Å². The molecule has 0 amide bonds. The van der Waals surface area contributed by atoms with Gasteiger partial charge in [-0.3, -0.25) is 4.99 Å². The molecule has 1 aliphatic rings. The van der Waals surface area contributed by atoms with E-state index in [9.17, 15) is 0 Å². The summed E-state index contributed by atoms with van der Waals surface area (Å²) in [4.78, 5) is 4.31. The van der Waals surface area contributed by atoms with Crippen LogP contribution in [0.3, 0.4) is 0 Å². The van der Waals surface area contributed by atoms with Gasteiger partial charge in [0.05, 0.1) is 13.2 Å². The lowest BCUT2D eigenvalue weighted by Crippen LogP contribution is -2.42. The van der Waals surface area contributed by atoms with E-state index in [1.54, 1.807) is 0 Å². The number of benzene rings is 2. The van der Waals surface area contributed by atoms with E-state index in [-0.39, 0.29) is 24.0 Å². The van der Waals surface area contributed by atoms with Crippen molar-refractivity contribution in [2.24, 2.45) is 4.99 Å². The summed E-state index contributed by atoms with van der Waals surface area (Å²) >= 11 is 0. The molecule has 0 bridgehead atoms. The molecule has 0 unspecified atom stereocenters. The Balaban J connectivity index is 0.00000261. The molecule has 2 aromatic rings. The van der Waals surface area contributed by atoms with Crippen molar-refractivity contribution in [1.29, 1.82) is 0 Å². The largest absolute Gasteiger partial charge is 0.372 e. The first kappa shape index (κ1) is 21.4. The summed E-state index contributed by atoms with van der Waals surface area (Å²) in [5, 5.41) is 6.85. The Hall–Kier alpha value is -1.86. The summed E-state index contributed by atoms with van der Waals surface area (Å²) in [7, 11) is 1.81. The lowest BCUT2D eigenvalue weighted by molar-refractivity contribution is 0.107. The smallest absolute Gasteiger partial charge is 0.191 e. The third kappa shape index (κ3) is 7.34. The van der Waals surface area contributed by atoms with E-state index >= 15 is 0 Å². The SMILES string of the molecule is CN=C(NCc1cccc(COCc2ccccc2)c1)NC1CC=CC1.I. The van der Waals surface area contributed by atoms with E-state index in [0.29, 0.717) is 19.3 Å². The molecule has 0 fully saturated rings. The fraction of sp³-hybridized carbons (Fsp3) is 0.318. The van der Waals surface area contributed by atoms with E-state index in [1.165, 1.54) is 16.7 Å². The van der Waals surface area contributed by atoms with Crippen molar-refractivity contribution in [3.05, 3.63) is 83.4 Å². The number of hydrogen-bond donors (Lipinski definition) is 2. The Morgan fingerprint density at radius 3 is 2.37 bits per heavy atom. The Morgan fingerprint density at radius 2 is 1.63 bits per heavy atom. The minimum atomic E-state index is 0. The van der Waals surface area contributed by atoms with Crippen LogP contribution >= 0.6 is 24.0 Å². The van der Waals surface area contributed by atoms with Gasteiger partial charge in [0.15, 0.2) is 5.96 Å². The average Bonchev–Trinajstić information content (AvgIpc) is 3.19. The van der Waals surface area contributed by atoms with Crippen LogP contribution in [0.5, 0.6) is 0 Å². The molecule has 27 heavy (non-hydrogen) atoms. The van der Waals surface area contributed by atoms with Crippen molar-refractivity contribution in [3.63, 3.8) is 0 Å². The number of ether oxygens (including phenoxy) is 1. The molecule has 0 saturated heterocycles. The molecule has 1 aliphatic carbocycles. The van der Waals surface area contributed by atoms with E-state index in [2.05, 4.69) is 64.2 Å². The highest BCUT2D eigenvalue weighted by molar-refractivity contribution is 14.0. The lowest BCUT2D eigenvalue weighted by atomic mass is 10.1. The molecular weight excluding hydrogens is 449 g/mol. The van der Waals surface area contributed by atoms with Gasteiger partial charge in [0.25, 0.3) is 0 Å². The zero-order chi connectivity index (χ0) is 18.0. The highest BCUT2D eigenvalue weighted by Crippen LogP contribution is 2.10. The van der Waals surface area contributed by atoms with Gasteiger partial charge >= 0.3 is 0 Å². The minimum absolute atomic E-state index is 0. The van der Waals surface area contributed by atoms with Gasteiger partial charge in [0.2, 0.25) is 0 Å². The van der Waals surface area contributed by atoms with Crippen molar-refractivity contribution in [1.82, 2.24) is 10.6 Å². The predicted molar refractivity (Wildman–Crippen MR) is 122 cm³/mol. The first-order chi connectivity index (χ1) is 12.8. The Labute approximate surface area is 179 Å². The van der Waals surface area contributed by atoms with E-state index in [1.807, 2.05) is 25.2 Å². The topological polar surface area (TPSA) is 45.7 Å². The maximum atomic E-state index is 5.83. The number of nitrogens with one attached hydrogen (secondary N) is 2. The maximum absolute atomic E-state index is 5.83.